The van der Waals surface area contributed by atoms with Gasteiger partial charge < -0.3 is 20.5 Å². The molecule has 0 aromatic heterocycles. The third-order valence-corrected chi connectivity index (χ3v) is 5.94. The van der Waals surface area contributed by atoms with E-state index in [0.717, 1.165) is 19.3 Å². The molecular formula is C18H26N4O5S. The van der Waals surface area contributed by atoms with Gasteiger partial charge in [-0.05, 0) is 58.1 Å². The smallest absolute Gasteiger partial charge is 0.407 e. The number of nitrogens with zero attached hydrogens (tertiary/aromatic N) is 2. The summed E-state index contributed by atoms with van der Waals surface area (Å²) in [6.07, 6.45) is 1.45. The predicted molar refractivity (Wildman–Crippen MR) is 106 cm³/mol. The van der Waals surface area contributed by atoms with Crippen molar-refractivity contribution in [3.8, 4) is 5.75 Å². The Labute approximate surface area is 164 Å². The first kappa shape index (κ1) is 20.2. The van der Waals surface area contributed by atoms with Gasteiger partial charge in [-0.15, -0.1) is 4.40 Å². The summed E-state index contributed by atoms with van der Waals surface area (Å²) in [5, 5.41) is 9.58. The van der Waals surface area contributed by atoms with E-state index in [4.69, 9.17) is 10.5 Å². The lowest BCUT2D eigenvalue weighted by Gasteiger charge is -2.38. The van der Waals surface area contributed by atoms with Crippen LogP contribution in [0.25, 0.3) is 0 Å². The monoisotopic (exact) mass is 410 g/mol. The van der Waals surface area contributed by atoms with Crippen molar-refractivity contribution in [1.82, 2.24) is 4.90 Å². The molecule has 0 spiro atoms. The number of carbonyl (C=O) groups is 1. The highest BCUT2D eigenvalue weighted by Crippen LogP contribution is 2.35. The van der Waals surface area contributed by atoms with Crippen LogP contribution < -0.4 is 15.2 Å². The number of amides is 1. The van der Waals surface area contributed by atoms with Gasteiger partial charge in [0, 0.05) is 11.6 Å². The summed E-state index contributed by atoms with van der Waals surface area (Å²) in [5.74, 6) is 0.539. The molecule has 1 saturated carbocycles. The van der Waals surface area contributed by atoms with Gasteiger partial charge in [0.2, 0.25) is 0 Å². The number of rotatable bonds is 4. The second-order valence-electron chi connectivity index (χ2n) is 8.20. The highest BCUT2D eigenvalue weighted by molar-refractivity contribution is 7.91. The number of ether oxygens (including phenoxy) is 1. The zero-order valence-electron chi connectivity index (χ0n) is 16.2. The Kier molecular flexibility index (Phi) is 5.18. The van der Waals surface area contributed by atoms with Crippen LogP contribution in [0, 0.1) is 5.92 Å². The number of hydrogen-bond donors (Lipinski definition) is 3. The quantitative estimate of drug-likeness (QED) is 0.698. The summed E-state index contributed by atoms with van der Waals surface area (Å²) in [5.41, 5.74) is 6.12. The molecule has 0 radical (unpaired) electrons. The van der Waals surface area contributed by atoms with Gasteiger partial charge in [0.15, 0.2) is 5.84 Å². The van der Waals surface area contributed by atoms with Gasteiger partial charge in [-0.1, -0.05) is 6.07 Å². The van der Waals surface area contributed by atoms with Crippen molar-refractivity contribution in [1.29, 1.82) is 0 Å². The van der Waals surface area contributed by atoms with Crippen molar-refractivity contribution in [3.05, 3.63) is 23.8 Å². The molecule has 2 unspecified atom stereocenters. The van der Waals surface area contributed by atoms with E-state index in [9.17, 15) is 18.3 Å². The summed E-state index contributed by atoms with van der Waals surface area (Å²) in [6.45, 7) is 6.07. The van der Waals surface area contributed by atoms with Crippen molar-refractivity contribution >= 4 is 27.8 Å². The average molecular weight is 410 g/mol. The summed E-state index contributed by atoms with van der Waals surface area (Å²) < 4.78 is 35.1. The van der Waals surface area contributed by atoms with Crippen LogP contribution in [0.4, 0.5) is 10.5 Å². The minimum absolute atomic E-state index is 0.0470. The van der Waals surface area contributed by atoms with Crippen molar-refractivity contribution in [2.75, 3.05) is 11.3 Å². The van der Waals surface area contributed by atoms with E-state index in [1.54, 1.807) is 18.2 Å². The average Bonchev–Trinajstić information content (AvgIpc) is 2.97. The van der Waals surface area contributed by atoms with Crippen molar-refractivity contribution in [2.24, 2.45) is 16.0 Å². The number of benzene rings is 1. The summed E-state index contributed by atoms with van der Waals surface area (Å²) in [7, 11) is -3.84. The Morgan fingerprint density at radius 2 is 2.11 bits per heavy atom. The maximum atomic E-state index is 11.7. The summed E-state index contributed by atoms with van der Waals surface area (Å²) in [6, 6.07) is 4.94. The van der Waals surface area contributed by atoms with E-state index in [2.05, 4.69) is 9.12 Å². The molecule has 3 rings (SSSR count). The van der Waals surface area contributed by atoms with Gasteiger partial charge in [-0.25, -0.2) is 4.79 Å². The molecule has 1 heterocycles. The SMILES string of the molecule is CC(C)(C)N(C(=O)O)C1CCC(COc2cccc3c2C(N)=NS(=O)(=O)N3)C1. The zero-order valence-corrected chi connectivity index (χ0v) is 17.0. The van der Waals surface area contributed by atoms with Crippen LogP contribution in [0.15, 0.2) is 22.6 Å². The second kappa shape index (κ2) is 7.16. The number of amidine groups is 1. The molecule has 4 N–H and O–H groups in total. The highest BCUT2D eigenvalue weighted by atomic mass is 32.2. The second-order valence-corrected chi connectivity index (χ2v) is 9.54. The lowest BCUT2D eigenvalue weighted by atomic mass is 10.0. The van der Waals surface area contributed by atoms with Crippen LogP contribution in [0.3, 0.4) is 0 Å². The Bertz CT molecular complexity index is 907. The molecular weight excluding hydrogens is 384 g/mol. The molecule has 2 atom stereocenters. The first-order valence-electron chi connectivity index (χ1n) is 9.14. The minimum Gasteiger partial charge on any atom is -0.492 e. The molecule has 1 aliphatic heterocycles. The number of hydrogen-bond acceptors (Lipinski definition) is 5. The number of fused-ring (bicyclic) bond motifs is 1. The van der Waals surface area contributed by atoms with Crippen LogP contribution >= 0.6 is 0 Å². The largest absolute Gasteiger partial charge is 0.492 e. The fraction of sp³-hybridized carbons (Fsp3) is 0.556. The first-order chi connectivity index (χ1) is 13.0. The van der Waals surface area contributed by atoms with E-state index in [1.165, 1.54) is 4.90 Å². The molecule has 154 valence electrons. The van der Waals surface area contributed by atoms with E-state index in [1.807, 2.05) is 20.8 Å². The summed E-state index contributed by atoms with van der Waals surface area (Å²) >= 11 is 0. The van der Waals surface area contributed by atoms with Gasteiger partial charge in [0.05, 0.1) is 17.9 Å². The van der Waals surface area contributed by atoms with Gasteiger partial charge in [0.25, 0.3) is 0 Å². The molecule has 1 aromatic carbocycles. The molecule has 1 amide bonds. The molecule has 1 aliphatic carbocycles. The maximum absolute atomic E-state index is 11.7. The fourth-order valence-corrected chi connectivity index (χ4v) is 4.81. The first-order valence-corrected chi connectivity index (χ1v) is 10.6. The molecule has 0 bridgehead atoms. The normalized spacial score (nSPS) is 23.3. The van der Waals surface area contributed by atoms with Gasteiger partial charge >= 0.3 is 16.3 Å². The Morgan fingerprint density at radius 1 is 1.39 bits per heavy atom. The molecule has 1 aromatic rings. The third kappa shape index (κ3) is 4.16. The van der Waals surface area contributed by atoms with Crippen molar-refractivity contribution < 1.29 is 23.1 Å². The van der Waals surface area contributed by atoms with Crippen LogP contribution in [0.1, 0.15) is 45.6 Å². The van der Waals surface area contributed by atoms with Gasteiger partial charge in [-0.3, -0.25) is 4.72 Å². The Morgan fingerprint density at radius 3 is 2.75 bits per heavy atom. The molecule has 0 saturated heterocycles. The van der Waals surface area contributed by atoms with Gasteiger partial charge in [-0.2, -0.15) is 8.42 Å². The van der Waals surface area contributed by atoms with Crippen LogP contribution in [0.5, 0.6) is 5.75 Å². The minimum atomic E-state index is -3.84. The van der Waals surface area contributed by atoms with Crippen molar-refractivity contribution in [2.45, 2.75) is 51.6 Å². The number of nitrogens with two attached hydrogens (primary N) is 1. The Hall–Kier alpha value is -2.49. The summed E-state index contributed by atoms with van der Waals surface area (Å²) in [4.78, 5) is 13.2. The van der Waals surface area contributed by atoms with E-state index >= 15 is 0 Å². The highest BCUT2D eigenvalue weighted by Gasteiger charge is 2.38. The van der Waals surface area contributed by atoms with Crippen LogP contribution in [-0.2, 0) is 10.2 Å². The number of anilines is 1. The predicted octanol–water partition coefficient (Wildman–Crippen LogP) is 2.39. The molecule has 28 heavy (non-hydrogen) atoms. The fourth-order valence-electron chi connectivity index (χ4n) is 3.97. The molecule has 1 fully saturated rings. The van der Waals surface area contributed by atoms with Crippen LogP contribution in [-0.4, -0.2) is 48.5 Å². The number of carboxylic acid groups (broad SMARTS) is 1. The Balaban J connectivity index is 1.69. The topological polar surface area (TPSA) is 134 Å². The molecule has 2 aliphatic rings. The molecule has 10 heteroatoms. The van der Waals surface area contributed by atoms with Gasteiger partial charge in [0.1, 0.15) is 5.75 Å². The van der Waals surface area contributed by atoms with E-state index in [0.29, 0.717) is 23.6 Å². The zero-order chi connectivity index (χ0) is 20.7. The maximum Gasteiger partial charge on any atom is 0.407 e. The van der Waals surface area contributed by atoms with E-state index in [-0.39, 0.29) is 17.8 Å². The van der Waals surface area contributed by atoms with Crippen molar-refractivity contribution in [3.63, 3.8) is 0 Å². The lowest BCUT2D eigenvalue weighted by molar-refractivity contribution is 0.0697. The third-order valence-electron chi connectivity index (χ3n) is 5.02. The standard InChI is InChI=1S/C18H26N4O5S/c1-18(2,3)22(17(23)24)12-8-7-11(9-12)10-27-14-6-4-5-13-15(14)16(19)21-28(25,26)20-13/h4-6,11-12,20H,7-10H2,1-3H3,(H2,19,21)(H,23,24). The van der Waals surface area contributed by atoms with E-state index < -0.39 is 21.8 Å². The number of nitrogens with one attached hydrogen (secondary N) is 1. The molecule has 9 nitrogen and oxygen atoms in total. The van der Waals surface area contributed by atoms with Crippen LogP contribution in [0.2, 0.25) is 0 Å². The lowest BCUT2D eigenvalue weighted by Crippen LogP contribution is -2.50.